The molecule has 6 heteroatoms. The van der Waals surface area contributed by atoms with Crippen molar-refractivity contribution in [2.75, 3.05) is 20.2 Å². The maximum Gasteiger partial charge on any atom is 0.492 e. The molecule has 1 heterocycles. The minimum atomic E-state index is -1.72. The second-order valence-corrected chi connectivity index (χ2v) is 5.32. The maximum absolute atomic E-state index is 13.1. The number of hydrogen-bond donors (Lipinski definition) is 2. The molecule has 20 heavy (non-hydrogen) atoms. The Bertz CT molecular complexity index is 444. The predicted molar refractivity (Wildman–Crippen MR) is 76.6 cm³/mol. The highest BCUT2D eigenvalue weighted by atomic mass is 19.1. The highest BCUT2D eigenvalue weighted by Gasteiger charge is 2.20. The van der Waals surface area contributed by atoms with E-state index in [1.807, 2.05) is 0 Å². The van der Waals surface area contributed by atoms with E-state index in [0.29, 0.717) is 18.4 Å². The van der Waals surface area contributed by atoms with Crippen molar-refractivity contribution in [3.05, 3.63) is 24.0 Å². The zero-order chi connectivity index (χ0) is 14.5. The van der Waals surface area contributed by atoms with Gasteiger partial charge < -0.3 is 19.7 Å². The van der Waals surface area contributed by atoms with Gasteiger partial charge in [-0.3, -0.25) is 0 Å². The molecule has 1 aromatic carbocycles. The average molecular weight is 281 g/mol. The largest absolute Gasteiger partial charge is 0.494 e. The second kappa shape index (κ2) is 7.06. The highest BCUT2D eigenvalue weighted by Crippen LogP contribution is 2.18. The number of benzene rings is 1. The number of halogens is 1. The van der Waals surface area contributed by atoms with Gasteiger partial charge >= 0.3 is 7.12 Å². The Kier molecular flexibility index (Phi) is 5.40. The number of ether oxygens (including phenoxy) is 1. The maximum atomic E-state index is 13.1. The topological polar surface area (TPSA) is 52.9 Å². The minimum absolute atomic E-state index is 0.0713. The smallest absolute Gasteiger partial charge is 0.492 e. The summed E-state index contributed by atoms with van der Waals surface area (Å²) in [4.78, 5) is 2.33. The van der Waals surface area contributed by atoms with E-state index in [0.717, 1.165) is 19.0 Å². The van der Waals surface area contributed by atoms with Gasteiger partial charge in [0.25, 0.3) is 0 Å². The van der Waals surface area contributed by atoms with Gasteiger partial charge in [-0.05, 0) is 51.1 Å². The molecular weight excluding hydrogens is 260 g/mol. The van der Waals surface area contributed by atoms with Gasteiger partial charge in [0.1, 0.15) is 11.6 Å². The molecule has 1 atom stereocenters. The summed E-state index contributed by atoms with van der Waals surface area (Å²) in [5, 5.41) is 18.4. The van der Waals surface area contributed by atoms with Crippen LogP contribution >= 0.6 is 0 Å². The van der Waals surface area contributed by atoms with Gasteiger partial charge in [0, 0.05) is 11.5 Å². The molecule has 1 fully saturated rings. The Hall–Kier alpha value is -1.11. The second-order valence-electron chi connectivity index (χ2n) is 5.32. The summed E-state index contributed by atoms with van der Waals surface area (Å²) in [6.07, 6.45) is 4.53. The van der Waals surface area contributed by atoms with Gasteiger partial charge in [0.05, 0.1) is 6.61 Å². The lowest BCUT2D eigenvalue weighted by molar-refractivity contribution is 0.153. The van der Waals surface area contributed by atoms with Crippen LogP contribution in [-0.2, 0) is 0 Å². The van der Waals surface area contributed by atoms with Crippen LogP contribution in [0.5, 0.6) is 5.75 Å². The van der Waals surface area contributed by atoms with E-state index in [4.69, 9.17) is 4.74 Å². The first-order valence-corrected chi connectivity index (χ1v) is 7.06. The molecule has 2 rings (SSSR count). The third kappa shape index (κ3) is 3.94. The first kappa shape index (κ1) is 15.3. The summed E-state index contributed by atoms with van der Waals surface area (Å²) in [5.41, 5.74) is 0.0713. The van der Waals surface area contributed by atoms with Crippen LogP contribution < -0.4 is 10.2 Å². The van der Waals surface area contributed by atoms with Crippen LogP contribution in [0, 0.1) is 5.82 Å². The summed E-state index contributed by atoms with van der Waals surface area (Å²) < 4.78 is 18.7. The first-order valence-electron chi connectivity index (χ1n) is 7.06. The van der Waals surface area contributed by atoms with Crippen molar-refractivity contribution in [2.45, 2.75) is 31.7 Å². The lowest BCUT2D eigenvalue weighted by Crippen LogP contribution is -2.37. The lowest BCUT2D eigenvalue weighted by Gasteiger charge is -2.32. The summed E-state index contributed by atoms with van der Waals surface area (Å²) in [7, 11) is 0.392. The van der Waals surface area contributed by atoms with Crippen molar-refractivity contribution in [1.29, 1.82) is 0 Å². The van der Waals surface area contributed by atoms with E-state index < -0.39 is 12.9 Å². The summed E-state index contributed by atoms with van der Waals surface area (Å²) >= 11 is 0. The van der Waals surface area contributed by atoms with E-state index in [9.17, 15) is 14.4 Å². The molecular formula is C14H21BFNO3. The quantitative estimate of drug-likeness (QED) is 0.782. The summed E-state index contributed by atoms with van der Waals surface area (Å²) in [5.74, 6) is -0.174. The van der Waals surface area contributed by atoms with Crippen molar-refractivity contribution in [1.82, 2.24) is 4.90 Å². The normalized spacial score (nSPS) is 19.9. The Morgan fingerprint density at radius 3 is 2.90 bits per heavy atom. The molecule has 0 aromatic heterocycles. The molecule has 4 nitrogen and oxygen atoms in total. The molecule has 0 radical (unpaired) electrons. The molecule has 0 saturated carbocycles. The highest BCUT2D eigenvalue weighted by molar-refractivity contribution is 6.59. The lowest BCUT2D eigenvalue weighted by atomic mass is 9.79. The Balaban J connectivity index is 1.90. The minimum Gasteiger partial charge on any atom is -0.494 e. The van der Waals surface area contributed by atoms with Crippen LogP contribution in [-0.4, -0.2) is 48.3 Å². The van der Waals surface area contributed by atoms with Gasteiger partial charge in [-0.25, -0.2) is 4.39 Å². The van der Waals surface area contributed by atoms with Crippen LogP contribution in [0.2, 0.25) is 0 Å². The number of rotatable bonds is 5. The number of hydrogen-bond acceptors (Lipinski definition) is 4. The molecule has 1 saturated heterocycles. The molecule has 1 unspecified atom stereocenters. The van der Waals surface area contributed by atoms with Crippen molar-refractivity contribution in [3.8, 4) is 5.75 Å². The first-order chi connectivity index (χ1) is 9.58. The standard InChI is InChI=1S/C14H21BFNO3/c1-17-8-3-2-4-12(17)7-9-20-14-6-5-11(16)10-13(14)15(18)19/h5-6,10,12,18-19H,2-4,7-9H2,1H3. The zero-order valence-corrected chi connectivity index (χ0v) is 11.8. The number of likely N-dealkylation sites (tertiary alicyclic amines) is 1. The summed E-state index contributed by atoms with van der Waals surface area (Å²) in [6.45, 7) is 1.60. The monoisotopic (exact) mass is 281 g/mol. The molecule has 1 aliphatic rings. The fraction of sp³-hybridized carbons (Fsp3) is 0.571. The third-order valence-electron chi connectivity index (χ3n) is 3.88. The average Bonchev–Trinajstić information content (AvgIpc) is 2.42. The van der Waals surface area contributed by atoms with Crippen molar-refractivity contribution < 1.29 is 19.2 Å². The van der Waals surface area contributed by atoms with E-state index in [1.54, 1.807) is 0 Å². The van der Waals surface area contributed by atoms with E-state index in [2.05, 4.69) is 11.9 Å². The predicted octanol–water partition coefficient (Wildman–Crippen LogP) is 0.759. The Labute approximate surface area is 119 Å². The van der Waals surface area contributed by atoms with Crippen molar-refractivity contribution >= 4 is 12.6 Å². The third-order valence-corrected chi connectivity index (χ3v) is 3.88. The molecule has 2 N–H and O–H groups in total. The van der Waals surface area contributed by atoms with Crippen LogP contribution in [0.25, 0.3) is 0 Å². The van der Waals surface area contributed by atoms with Gasteiger partial charge in [-0.2, -0.15) is 0 Å². The van der Waals surface area contributed by atoms with Gasteiger partial charge in [0.2, 0.25) is 0 Å². The number of piperidine rings is 1. The van der Waals surface area contributed by atoms with E-state index >= 15 is 0 Å². The summed E-state index contributed by atoms with van der Waals surface area (Å²) in [6, 6.07) is 4.29. The van der Waals surface area contributed by atoms with Gasteiger partial charge in [-0.1, -0.05) is 6.42 Å². The van der Waals surface area contributed by atoms with Gasteiger partial charge in [0.15, 0.2) is 0 Å². The molecule has 0 amide bonds. The molecule has 0 aliphatic carbocycles. The zero-order valence-electron chi connectivity index (χ0n) is 11.8. The van der Waals surface area contributed by atoms with Gasteiger partial charge in [-0.15, -0.1) is 0 Å². The van der Waals surface area contributed by atoms with Crippen molar-refractivity contribution in [3.63, 3.8) is 0 Å². The number of nitrogens with zero attached hydrogens (tertiary/aromatic N) is 1. The fourth-order valence-electron chi connectivity index (χ4n) is 2.67. The molecule has 110 valence electrons. The van der Waals surface area contributed by atoms with Crippen LogP contribution in [0.15, 0.2) is 18.2 Å². The van der Waals surface area contributed by atoms with E-state index in [1.165, 1.54) is 31.4 Å². The SMILES string of the molecule is CN1CCCCC1CCOc1ccc(F)cc1B(O)O. The molecule has 0 bridgehead atoms. The van der Waals surface area contributed by atoms with Crippen LogP contribution in [0.1, 0.15) is 25.7 Å². The Morgan fingerprint density at radius 2 is 2.20 bits per heavy atom. The van der Waals surface area contributed by atoms with Crippen LogP contribution in [0.3, 0.4) is 0 Å². The molecule has 0 spiro atoms. The molecule has 1 aromatic rings. The Morgan fingerprint density at radius 1 is 1.40 bits per heavy atom. The van der Waals surface area contributed by atoms with Crippen molar-refractivity contribution in [2.24, 2.45) is 0 Å². The van der Waals surface area contributed by atoms with E-state index in [-0.39, 0.29) is 5.46 Å². The molecule has 1 aliphatic heterocycles. The fourth-order valence-corrected chi connectivity index (χ4v) is 2.67. The van der Waals surface area contributed by atoms with Crippen LogP contribution in [0.4, 0.5) is 4.39 Å².